The zero-order chi connectivity index (χ0) is 22.6. The standard InChI is InChI=1S/C30H31NO2/c1-21-10-6-8-14-24(21)29-17-16-26(23-13-7-9-15-25(23)29)30(28(32)33-2)20-31(19-27(29)30)18-22-11-4-3-5-12-22/h3-15,26-27H,16-20H2,1-2H3. The first kappa shape index (κ1) is 20.7. The number of hydrogen-bond donors (Lipinski definition) is 0. The van der Waals surface area contributed by atoms with Crippen LogP contribution in [0.5, 0.6) is 0 Å². The molecule has 4 atom stereocenters. The molecule has 3 nitrogen and oxygen atoms in total. The van der Waals surface area contributed by atoms with Gasteiger partial charge in [-0.05, 0) is 47.6 Å². The van der Waals surface area contributed by atoms with Crippen LogP contribution in [-0.4, -0.2) is 31.1 Å². The van der Waals surface area contributed by atoms with Gasteiger partial charge in [-0.25, -0.2) is 0 Å². The average Bonchev–Trinajstić information content (AvgIpc) is 3.26. The molecule has 1 heterocycles. The van der Waals surface area contributed by atoms with E-state index in [4.69, 9.17) is 4.74 Å². The molecule has 0 spiro atoms. The van der Waals surface area contributed by atoms with E-state index in [9.17, 15) is 4.79 Å². The Morgan fingerprint density at radius 2 is 1.67 bits per heavy atom. The van der Waals surface area contributed by atoms with Gasteiger partial charge in [-0.1, -0.05) is 78.9 Å². The molecular weight excluding hydrogens is 406 g/mol. The van der Waals surface area contributed by atoms with Crippen LogP contribution in [0.2, 0.25) is 0 Å². The van der Waals surface area contributed by atoms with Gasteiger partial charge in [0.1, 0.15) is 0 Å². The number of aryl methyl sites for hydroxylation is 1. The van der Waals surface area contributed by atoms with Crippen molar-refractivity contribution in [3.05, 3.63) is 107 Å². The number of hydrogen-bond acceptors (Lipinski definition) is 3. The Balaban J connectivity index is 1.57. The summed E-state index contributed by atoms with van der Waals surface area (Å²) in [6.45, 7) is 4.75. The molecule has 33 heavy (non-hydrogen) atoms. The summed E-state index contributed by atoms with van der Waals surface area (Å²) in [6, 6.07) is 28.4. The molecule has 4 unspecified atom stereocenters. The smallest absolute Gasteiger partial charge is 0.314 e. The maximum atomic E-state index is 13.8. The van der Waals surface area contributed by atoms with Crippen LogP contribution in [-0.2, 0) is 21.5 Å². The lowest BCUT2D eigenvalue weighted by atomic mass is 9.42. The number of ether oxygens (including phenoxy) is 1. The number of esters is 1. The van der Waals surface area contributed by atoms with Crippen molar-refractivity contribution >= 4 is 5.97 Å². The minimum Gasteiger partial charge on any atom is -0.469 e. The van der Waals surface area contributed by atoms with Crippen molar-refractivity contribution in [1.29, 1.82) is 0 Å². The van der Waals surface area contributed by atoms with Gasteiger partial charge in [-0.3, -0.25) is 9.69 Å². The predicted octanol–water partition coefficient (Wildman–Crippen LogP) is 5.46. The van der Waals surface area contributed by atoms with Gasteiger partial charge in [0.2, 0.25) is 0 Å². The molecule has 1 saturated heterocycles. The Labute approximate surface area is 196 Å². The first-order chi connectivity index (χ1) is 16.1. The van der Waals surface area contributed by atoms with Gasteiger partial charge in [0.25, 0.3) is 0 Å². The van der Waals surface area contributed by atoms with E-state index in [1.165, 1.54) is 27.8 Å². The molecule has 2 fully saturated rings. The molecule has 0 N–H and O–H groups in total. The Morgan fingerprint density at radius 1 is 0.970 bits per heavy atom. The number of nitrogens with zero attached hydrogens (tertiary/aromatic N) is 1. The number of benzene rings is 3. The first-order valence-electron chi connectivity index (χ1n) is 12.1. The van der Waals surface area contributed by atoms with Crippen molar-refractivity contribution in [2.24, 2.45) is 11.3 Å². The molecule has 3 aliphatic carbocycles. The molecule has 0 aromatic heterocycles. The second-order valence-corrected chi connectivity index (χ2v) is 10.2. The summed E-state index contributed by atoms with van der Waals surface area (Å²) in [5, 5.41) is 0. The fourth-order valence-corrected chi connectivity index (χ4v) is 7.72. The van der Waals surface area contributed by atoms with Gasteiger partial charge in [0.05, 0.1) is 12.5 Å². The van der Waals surface area contributed by atoms with E-state index in [0.29, 0.717) is 0 Å². The fraction of sp³-hybridized carbons (Fsp3) is 0.367. The fourth-order valence-electron chi connectivity index (χ4n) is 7.72. The summed E-state index contributed by atoms with van der Waals surface area (Å²) in [5.74, 6) is 0.369. The van der Waals surface area contributed by atoms with Crippen molar-refractivity contribution in [2.75, 3.05) is 20.2 Å². The van der Waals surface area contributed by atoms with Crippen LogP contribution >= 0.6 is 0 Å². The summed E-state index contributed by atoms with van der Waals surface area (Å²) in [7, 11) is 1.57. The molecule has 0 radical (unpaired) electrons. The second kappa shape index (κ2) is 7.56. The van der Waals surface area contributed by atoms with Gasteiger partial charge in [-0.15, -0.1) is 0 Å². The van der Waals surface area contributed by atoms with Gasteiger partial charge in [0, 0.05) is 36.9 Å². The zero-order valence-electron chi connectivity index (χ0n) is 19.5. The Kier molecular flexibility index (Phi) is 4.74. The Hall–Kier alpha value is -2.91. The number of carbonyl (C=O) groups excluding carboxylic acids is 1. The maximum Gasteiger partial charge on any atom is 0.314 e. The highest BCUT2D eigenvalue weighted by atomic mass is 16.5. The van der Waals surface area contributed by atoms with Crippen molar-refractivity contribution in [3.8, 4) is 0 Å². The van der Waals surface area contributed by atoms with Crippen molar-refractivity contribution in [2.45, 2.75) is 37.6 Å². The summed E-state index contributed by atoms with van der Waals surface area (Å²) in [5.41, 5.74) is 6.10. The Morgan fingerprint density at radius 3 is 2.42 bits per heavy atom. The molecule has 3 aromatic carbocycles. The Bertz CT molecular complexity index is 1200. The van der Waals surface area contributed by atoms with E-state index >= 15 is 0 Å². The number of rotatable bonds is 4. The SMILES string of the molecule is COC(=O)C12CN(Cc3ccccc3)CC1C1(c3ccccc3C)CCC2c2ccccc21. The predicted molar refractivity (Wildman–Crippen MR) is 130 cm³/mol. The summed E-state index contributed by atoms with van der Waals surface area (Å²) in [4.78, 5) is 16.3. The van der Waals surface area contributed by atoms with Crippen LogP contribution in [0.1, 0.15) is 46.6 Å². The van der Waals surface area contributed by atoms with Crippen LogP contribution in [0.4, 0.5) is 0 Å². The van der Waals surface area contributed by atoms with E-state index < -0.39 is 5.41 Å². The molecule has 7 rings (SSSR count). The van der Waals surface area contributed by atoms with E-state index in [-0.39, 0.29) is 23.2 Å². The highest BCUT2D eigenvalue weighted by molar-refractivity contribution is 5.82. The maximum absolute atomic E-state index is 13.8. The highest BCUT2D eigenvalue weighted by Gasteiger charge is 2.70. The van der Waals surface area contributed by atoms with Gasteiger partial charge in [-0.2, -0.15) is 0 Å². The number of likely N-dealkylation sites (tertiary alicyclic amines) is 1. The van der Waals surface area contributed by atoms with Crippen molar-refractivity contribution in [3.63, 3.8) is 0 Å². The molecule has 2 bridgehead atoms. The van der Waals surface area contributed by atoms with Gasteiger partial charge < -0.3 is 4.74 Å². The number of carbonyl (C=O) groups is 1. The molecule has 168 valence electrons. The third-order valence-electron chi connectivity index (χ3n) is 8.85. The normalized spacial score (nSPS) is 30.0. The average molecular weight is 438 g/mol. The summed E-state index contributed by atoms with van der Waals surface area (Å²) in [6.07, 6.45) is 2.11. The van der Waals surface area contributed by atoms with Gasteiger partial charge in [0.15, 0.2) is 0 Å². The molecular formula is C30H31NO2. The third-order valence-corrected chi connectivity index (χ3v) is 8.85. The molecule has 4 aliphatic rings. The van der Waals surface area contributed by atoms with Crippen LogP contribution in [0.15, 0.2) is 78.9 Å². The largest absolute Gasteiger partial charge is 0.469 e. The van der Waals surface area contributed by atoms with Crippen LogP contribution < -0.4 is 0 Å². The van der Waals surface area contributed by atoms with E-state index in [1.54, 1.807) is 7.11 Å². The minimum atomic E-state index is -0.515. The summed E-state index contributed by atoms with van der Waals surface area (Å²) >= 11 is 0. The first-order valence-corrected chi connectivity index (χ1v) is 12.1. The second-order valence-electron chi connectivity index (χ2n) is 10.2. The van der Waals surface area contributed by atoms with Crippen LogP contribution in [0.25, 0.3) is 0 Å². The van der Waals surface area contributed by atoms with Crippen LogP contribution in [0, 0.1) is 18.3 Å². The quantitative estimate of drug-likeness (QED) is 0.508. The van der Waals surface area contributed by atoms with Crippen molar-refractivity contribution < 1.29 is 9.53 Å². The molecule has 3 heteroatoms. The highest BCUT2D eigenvalue weighted by Crippen LogP contribution is 2.69. The lowest BCUT2D eigenvalue weighted by molar-refractivity contribution is -0.161. The monoisotopic (exact) mass is 437 g/mol. The number of fused-ring (bicyclic) bond motifs is 1. The molecule has 0 amide bonds. The lowest BCUT2D eigenvalue weighted by Crippen LogP contribution is -2.60. The zero-order valence-corrected chi connectivity index (χ0v) is 19.5. The molecule has 1 saturated carbocycles. The van der Waals surface area contributed by atoms with Crippen molar-refractivity contribution in [1.82, 2.24) is 4.90 Å². The number of methoxy groups -OCH3 is 1. The van der Waals surface area contributed by atoms with Gasteiger partial charge >= 0.3 is 5.97 Å². The minimum absolute atomic E-state index is 0.0276. The van der Waals surface area contributed by atoms with E-state index in [1.807, 2.05) is 0 Å². The van der Waals surface area contributed by atoms with Crippen LogP contribution in [0.3, 0.4) is 0 Å². The van der Waals surface area contributed by atoms with E-state index in [0.717, 1.165) is 32.5 Å². The molecule has 3 aromatic rings. The van der Waals surface area contributed by atoms with E-state index in [2.05, 4.69) is 90.7 Å². The molecule has 1 aliphatic heterocycles. The topological polar surface area (TPSA) is 29.5 Å². The lowest BCUT2D eigenvalue weighted by Gasteiger charge is -2.60. The summed E-state index contributed by atoms with van der Waals surface area (Å²) < 4.78 is 5.61. The third kappa shape index (κ3) is 2.75.